The van der Waals surface area contributed by atoms with Crippen molar-refractivity contribution in [1.82, 2.24) is 4.90 Å². The fourth-order valence-corrected chi connectivity index (χ4v) is 3.88. The molecule has 1 aromatic carbocycles. The van der Waals surface area contributed by atoms with E-state index in [9.17, 15) is 19.8 Å². The Morgan fingerprint density at radius 2 is 2.05 bits per heavy atom. The molecule has 7 heteroatoms. The number of thioether (sulfide) groups is 1. The quantitative estimate of drug-likeness (QED) is 0.814. The molecule has 1 saturated heterocycles. The summed E-state index contributed by atoms with van der Waals surface area (Å²) in [5.74, 6) is -1.69. The maximum atomic E-state index is 12.0. The number of aliphatic carboxylic acids is 1. The van der Waals surface area contributed by atoms with Gasteiger partial charge >= 0.3 is 5.97 Å². The van der Waals surface area contributed by atoms with Gasteiger partial charge in [0.05, 0.1) is 12.0 Å². The van der Waals surface area contributed by atoms with Crippen LogP contribution in [0.2, 0.25) is 0 Å². The monoisotopic (exact) mass is 307 g/mol. The maximum Gasteiger partial charge on any atom is 0.357 e. The first kappa shape index (κ1) is 14.0. The Hall–Kier alpha value is -1.99. The topological polar surface area (TPSA) is 87.1 Å². The highest BCUT2D eigenvalue weighted by molar-refractivity contribution is 8.03. The van der Waals surface area contributed by atoms with Crippen LogP contribution in [0.4, 0.5) is 0 Å². The van der Waals surface area contributed by atoms with E-state index in [1.165, 1.54) is 11.8 Å². The minimum Gasteiger partial charge on any atom is -0.476 e. The molecule has 2 N–H and O–H groups in total. The Balaban J connectivity index is 1.89. The number of aliphatic hydroxyl groups is 1. The molecule has 0 aliphatic carbocycles. The van der Waals surface area contributed by atoms with Crippen molar-refractivity contribution in [1.29, 1.82) is 0 Å². The average Bonchev–Trinajstić information content (AvgIpc) is 2.74. The average molecular weight is 307 g/mol. The molecular formula is C14H13NO5S. The van der Waals surface area contributed by atoms with Gasteiger partial charge in [-0.2, -0.15) is 0 Å². The number of hydrogen-bond acceptors (Lipinski definition) is 5. The molecule has 1 unspecified atom stereocenters. The van der Waals surface area contributed by atoms with E-state index < -0.39 is 23.4 Å². The number of fused-ring (bicyclic) bond motifs is 1. The third kappa shape index (κ3) is 2.18. The predicted molar refractivity (Wildman–Crippen MR) is 75.1 cm³/mol. The molecule has 3 rings (SSSR count). The van der Waals surface area contributed by atoms with E-state index in [1.807, 2.05) is 6.07 Å². The Bertz CT molecular complexity index is 628. The lowest BCUT2D eigenvalue weighted by molar-refractivity contribution is -0.156. The van der Waals surface area contributed by atoms with Crippen LogP contribution >= 0.6 is 11.8 Å². The van der Waals surface area contributed by atoms with Gasteiger partial charge in [-0.05, 0) is 19.1 Å². The van der Waals surface area contributed by atoms with Crippen LogP contribution < -0.4 is 4.74 Å². The molecule has 3 atom stereocenters. The van der Waals surface area contributed by atoms with Crippen LogP contribution in [0.15, 0.2) is 41.1 Å². The van der Waals surface area contributed by atoms with Crippen molar-refractivity contribution in [3.05, 3.63) is 41.1 Å². The van der Waals surface area contributed by atoms with Gasteiger partial charge in [0, 0.05) is 0 Å². The van der Waals surface area contributed by atoms with Gasteiger partial charge in [0.2, 0.25) is 5.91 Å². The highest BCUT2D eigenvalue weighted by Crippen LogP contribution is 2.50. The van der Waals surface area contributed by atoms with Gasteiger partial charge in [-0.25, -0.2) is 4.79 Å². The molecular weight excluding hydrogens is 294 g/mol. The van der Waals surface area contributed by atoms with Gasteiger partial charge in [-0.1, -0.05) is 30.0 Å². The van der Waals surface area contributed by atoms with Gasteiger partial charge in [-0.3, -0.25) is 9.69 Å². The number of para-hydroxylation sites is 1. The Morgan fingerprint density at radius 1 is 1.38 bits per heavy atom. The number of aliphatic hydroxyl groups excluding tert-OH is 1. The van der Waals surface area contributed by atoms with Crippen molar-refractivity contribution in [2.75, 3.05) is 0 Å². The van der Waals surface area contributed by atoms with Crippen molar-refractivity contribution in [2.45, 2.75) is 18.4 Å². The molecule has 0 aromatic heterocycles. The lowest BCUT2D eigenvalue weighted by Gasteiger charge is -2.43. The number of rotatable bonds is 4. The van der Waals surface area contributed by atoms with Crippen LogP contribution in [0.3, 0.4) is 0 Å². The minimum atomic E-state index is -1.21. The molecule has 21 heavy (non-hydrogen) atoms. The SMILES string of the molecule is C[C@@H](O)[C@H]1C(=O)N2C(C(=O)O)=C(Oc3ccccc3)SC12. The summed E-state index contributed by atoms with van der Waals surface area (Å²) in [5.41, 5.74) is -0.157. The van der Waals surface area contributed by atoms with E-state index in [4.69, 9.17) is 4.74 Å². The van der Waals surface area contributed by atoms with Gasteiger partial charge < -0.3 is 14.9 Å². The summed E-state index contributed by atoms with van der Waals surface area (Å²) < 4.78 is 5.59. The largest absolute Gasteiger partial charge is 0.476 e. The molecule has 2 aliphatic rings. The normalized spacial score (nSPS) is 25.4. The highest BCUT2D eigenvalue weighted by Gasteiger charge is 2.58. The highest BCUT2D eigenvalue weighted by atomic mass is 32.2. The number of carbonyl (C=O) groups excluding carboxylic acids is 1. The number of carboxylic acid groups (broad SMARTS) is 1. The summed E-state index contributed by atoms with van der Waals surface area (Å²) in [6.07, 6.45) is -0.822. The van der Waals surface area contributed by atoms with Crippen molar-refractivity contribution in [3.63, 3.8) is 0 Å². The van der Waals surface area contributed by atoms with Crippen molar-refractivity contribution in [3.8, 4) is 5.75 Å². The fourth-order valence-electron chi connectivity index (χ4n) is 2.42. The Morgan fingerprint density at radius 3 is 2.62 bits per heavy atom. The standard InChI is InChI=1S/C14H13NO5S/c1-7(16)9-11(17)15-10(13(18)19)14(21-12(9)15)20-8-5-3-2-4-6-8/h2-7,9,12,16H,1H3,(H,18,19)/t7-,9+,12?/m1/s1. The van der Waals surface area contributed by atoms with Gasteiger partial charge in [-0.15, -0.1) is 0 Å². The second-order valence-electron chi connectivity index (χ2n) is 4.84. The second kappa shape index (κ2) is 5.09. The maximum absolute atomic E-state index is 12.0. The van der Waals surface area contributed by atoms with Crippen LogP contribution in [0.25, 0.3) is 0 Å². The number of benzene rings is 1. The molecule has 2 heterocycles. The first-order chi connectivity index (χ1) is 10.0. The van der Waals surface area contributed by atoms with E-state index in [2.05, 4.69) is 0 Å². The van der Waals surface area contributed by atoms with E-state index >= 15 is 0 Å². The fraction of sp³-hybridized carbons (Fsp3) is 0.286. The number of nitrogens with zero attached hydrogens (tertiary/aromatic N) is 1. The third-order valence-electron chi connectivity index (χ3n) is 3.42. The molecule has 1 fully saturated rings. The summed E-state index contributed by atoms with van der Waals surface area (Å²) in [6.45, 7) is 1.52. The molecule has 1 aromatic rings. The number of hydrogen-bond donors (Lipinski definition) is 2. The van der Waals surface area contributed by atoms with Crippen molar-refractivity contribution >= 4 is 23.6 Å². The van der Waals surface area contributed by atoms with Gasteiger partial charge in [0.15, 0.2) is 10.8 Å². The number of carboxylic acids is 1. The molecule has 0 bridgehead atoms. The number of β-lactam (4-membered cyclic amide) rings is 1. The molecule has 6 nitrogen and oxygen atoms in total. The summed E-state index contributed by atoms with van der Waals surface area (Å²) in [7, 11) is 0. The van der Waals surface area contributed by atoms with Crippen molar-refractivity contribution in [2.24, 2.45) is 5.92 Å². The van der Waals surface area contributed by atoms with Gasteiger partial charge in [0.25, 0.3) is 0 Å². The zero-order valence-corrected chi connectivity index (χ0v) is 11.9. The number of amides is 1. The van der Waals surface area contributed by atoms with E-state index in [-0.39, 0.29) is 16.7 Å². The lowest BCUT2D eigenvalue weighted by Crippen LogP contribution is -2.60. The smallest absolute Gasteiger partial charge is 0.357 e. The molecule has 110 valence electrons. The molecule has 0 spiro atoms. The Kier molecular flexibility index (Phi) is 3.38. The first-order valence-electron chi connectivity index (χ1n) is 6.39. The van der Waals surface area contributed by atoms with Crippen molar-refractivity contribution < 1.29 is 24.5 Å². The zero-order valence-electron chi connectivity index (χ0n) is 11.1. The summed E-state index contributed by atoms with van der Waals surface area (Å²) in [5, 5.41) is 18.7. The third-order valence-corrected chi connectivity index (χ3v) is 4.66. The molecule has 1 amide bonds. The van der Waals surface area contributed by atoms with Crippen LogP contribution in [0.5, 0.6) is 5.75 Å². The van der Waals surface area contributed by atoms with Crippen LogP contribution in [0, 0.1) is 5.92 Å². The molecule has 0 radical (unpaired) electrons. The summed E-state index contributed by atoms with van der Waals surface area (Å²) in [4.78, 5) is 24.6. The molecule has 0 saturated carbocycles. The summed E-state index contributed by atoms with van der Waals surface area (Å²) in [6, 6.07) is 8.78. The van der Waals surface area contributed by atoms with E-state index in [0.717, 1.165) is 11.8 Å². The predicted octanol–water partition coefficient (Wildman–Crippen LogP) is 1.23. The van der Waals surface area contributed by atoms with Crippen LogP contribution in [-0.4, -0.2) is 38.5 Å². The Labute approximate surface area is 125 Å². The second-order valence-corrected chi connectivity index (χ2v) is 5.93. The van der Waals surface area contributed by atoms with E-state index in [0.29, 0.717) is 5.75 Å². The summed E-state index contributed by atoms with van der Waals surface area (Å²) >= 11 is 1.15. The van der Waals surface area contributed by atoms with E-state index in [1.54, 1.807) is 24.3 Å². The first-order valence-corrected chi connectivity index (χ1v) is 7.27. The number of carbonyl (C=O) groups is 2. The van der Waals surface area contributed by atoms with Crippen LogP contribution in [0.1, 0.15) is 6.92 Å². The lowest BCUT2D eigenvalue weighted by atomic mass is 9.92. The minimum absolute atomic E-state index is 0.157. The number of ether oxygens (including phenoxy) is 1. The van der Waals surface area contributed by atoms with Crippen LogP contribution in [-0.2, 0) is 9.59 Å². The molecule has 2 aliphatic heterocycles. The zero-order chi connectivity index (χ0) is 15.1. The van der Waals surface area contributed by atoms with Gasteiger partial charge in [0.1, 0.15) is 11.1 Å².